The van der Waals surface area contributed by atoms with Crippen molar-refractivity contribution in [3.8, 4) is 11.6 Å². The highest BCUT2D eigenvalue weighted by Crippen LogP contribution is 2.28. The Morgan fingerprint density at radius 2 is 1.85 bits per heavy atom. The molecule has 11 heteroatoms. The van der Waals surface area contributed by atoms with Gasteiger partial charge in [0.2, 0.25) is 5.88 Å². The summed E-state index contributed by atoms with van der Waals surface area (Å²) in [7, 11) is 0. The van der Waals surface area contributed by atoms with Gasteiger partial charge in [0.1, 0.15) is 0 Å². The van der Waals surface area contributed by atoms with E-state index >= 15 is 0 Å². The van der Waals surface area contributed by atoms with Gasteiger partial charge in [-0.15, -0.1) is 0 Å². The Morgan fingerprint density at radius 3 is 2.54 bits per heavy atom. The molecule has 1 aromatic carbocycles. The second-order valence-corrected chi connectivity index (χ2v) is 10.2. The Labute approximate surface area is 228 Å². The first-order chi connectivity index (χ1) is 18.8. The van der Waals surface area contributed by atoms with Crippen molar-refractivity contribution in [2.75, 3.05) is 6.61 Å². The lowest BCUT2D eigenvalue weighted by Crippen LogP contribution is -2.39. The van der Waals surface area contributed by atoms with Gasteiger partial charge in [0, 0.05) is 24.8 Å². The lowest BCUT2D eigenvalue weighted by Gasteiger charge is -2.29. The van der Waals surface area contributed by atoms with Crippen LogP contribution in [-0.2, 0) is 6.54 Å². The Kier molecular flexibility index (Phi) is 7.92. The number of ether oxygens (including phenoxy) is 1. The van der Waals surface area contributed by atoms with Crippen LogP contribution in [0.1, 0.15) is 41.7 Å². The normalized spacial score (nSPS) is 17.5. The monoisotopic (exact) mass is 555 g/mol. The Morgan fingerprint density at radius 1 is 1.10 bits per heavy atom. The van der Waals surface area contributed by atoms with Crippen molar-refractivity contribution in [3.63, 3.8) is 0 Å². The molecule has 39 heavy (non-hydrogen) atoms. The maximum absolute atomic E-state index is 13.6. The van der Waals surface area contributed by atoms with E-state index in [1.54, 1.807) is 28.2 Å². The van der Waals surface area contributed by atoms with Gasteiger partial charge in [-0.2, -0.15) is 0 Å². The number of hydrogen-bond acceptors (Lipinski definition) is 5. The summed E-state index contributed by atoms with van der Waals surface area (Å²) in [5.74, 6) is 0.166. The number of fused-ring (bicyclic) bond motifs is 1. The average molecular weight is 556 g/mol. The Hall–Kier alpha value is -3.79. The molecule has 4 aromatic rings. The number of imidazole rings is 1. The van der Waals surface area contributed by atoms with Gasteiger partial charge < -0.3 is 10.1 Å². The fourth-order valence-electron chi connectivity index (χ4n) is 5.12. The third-order valence-electron chi connectivity index (χ3n) is 7.09. The van der Waals surface area contributed by atoms with E-state index in [0.717, 1.165) is 36.7 Å². The van der Waals surface area contributed by atoms with Gasteiger partial charge in [0.15, 0.2) is 6.61 Å². The molecule has 0 radical (unpaired) electrons. The fraction of sp³-hybridized carbons (Fsp3) is 0.357. The predicted molar refractivity (Wildman–Crippen MR) is 144 cm³/mol. The third-order valence-corrected chi connectivity index (χ3v) is 7.30. The SMILES string of the molecule is Cc1ncc(Cl)cc1C(=O)NC1CCC(Cn2c(=O)n(-c3ccc(OCC(F)F)nc3)c3ccccc32)CC1. The standard InChI is InChI=1S/C28H28ClF2N5O3/c1-17-22(12-19(29)13-32-17)27(37)34-20-8-6-18(7-9-20)15-35-23-4-2-3-5-24(23)36(28(35)38)21-10-11-26(33-14-21)39-16-25(30)31/h2-5,10-14,18,20,25H,6-9,15-16H2,1H3,(H,34,37). The molecule has 8 nitrogen and oxygen atoms in total. The zero-order chi connectivity index (χ0) is 27.5. The first-order valence-corrected chi connectivity index (χ1v) is 13.2. The number of rotatable bonds is 8. The highest BCUT2D eigenvalue weighted by atomic mass is 35.5. The maximum Gasteiger partial charge on any atom is 0.333 e. The molecule has 5 rings (SSSR count). The molecule has 0 saturated heterocycles. The summed E-state index contributed by atoms with van der Waals surface area (Å²) in [5.41, 5.74) is 2.98. The summed E-state index contributed by atoms with van der Waals surface area (Å²) >= 11 is 6.02. The molecule has 3 heterocycles. The van der Waals surface area contributed by atoms with Crippen LogP contribution < -0.4 is 15.7 Å². The smallest absolute Gasteiger partial charge is 0.333 e. The first-order valence-electron chi connectivity index (χ1n) is 12.8. The van der Waals surface area contributed by atoms with Crippen molar-refractivity contribution in [2.45, 2.75) is 51.6 Å². The van der Waals surface area contributed by atoms with Crippen LogP contribution in [0.4, 0.5) is 8.78 Å². The summed E-state index contributed by atoms with van der Waals surface area (Å²) < 4.78 is 33.2. The fourth-order valence-corrected chi connectivity index (χ4v) is 5.28. The molecular weight excluding hydrogens is 528 g/mol. The number of alkyl halides is 2. The number of aryl methyl sites for hydroxylation is 1. The number of hydrogen-bond donors (Lipinski definition) is 1. The average Bonchev–Trinajstić information content (AvgIpc) is 3.21. The van der Waals surface area contributed by atoms with E-state index in [-0.39, 0.29) is 29.4 Å². The van der Waals surface area contributed by atoms with Crippen molar-refractivity contribution in [2.24, 2.45) is 5.92 Å². The Bertz CT molecular complexity index is 1530. The van der Waals surface area contributed by atoms with Crippen LogP contribution in [0.2, 0.25) is 5.02 Å². The van der Waals surface area contributed by atoms with Gasteiger partial charge in [-0.1, -0.05) is 23.7 Å². The molecule has 1 aliphatic rings. The molecule has 0 atom stereocenters. The molecule has 1 amide bonds. The molecule has 0 bridgehead atoms. The van der Waals surface area contributed by atoms with E-state index in [1.165, 1.54) is 18.5 Å². The van der Waals surface area contributed by atoms with E-state index in [0.29, 0.717) is 28.5 Å². The largest absolute Gasteiger partial charge is 0.472 e. The van der Waals surface area contributed by atoms with Crippen molar-refractivity contribution in [1.29, 1.82) is 0 Å². The zero-order valence-corrected chi connectivity index (χ0v) is 22.1. The van der Waals surface area contributed by atoms with Gasteiger partial charge in [-0.25, -0.2) is 18.6 Å². The number of carbonyl (C=O) groups is 1. The lowest BCUT2D eigenvalue weighted by atomic mass is 9.85. The molecule has 1 saturated carbocycles. The van der Waals surface area contributed by atoms with Gasteiger partial charge in [0.05, 0.1) is 39.2 Å². The maximum atomic E-state index is 13.6. The number of aromatic nitrogens is 4. The molecule has 0 aliphatic heterocycles. The molecule has 0 spiro atoms. The van der Waals surface area contributed by atoms with Gasteiger partial charge >= 0.3 is 5.69 Å². The van der Waals surface area contributed by atoms with Gasteiger partial charge in [0.25, 0.3) is 12.3 Å². The summed E-state index contributed by atoms with van der Waals surface area (Å²) in [6.07, 6.45) is 3.71. The first kappa shape index (κ1) is 26.8. The van der Waals surface area contributed by atoms with Crippen molar-refractivity contribution in [1.82, 2.24) is 24.4 Å². The quantitative estimate of drug-likeness (QED) is 0.324. The highest BCUT2D eigenvalue weighted by molar-refractivity contribution is 6.30. The summed E-state index contributed by atoms with van der Waals surface area (Å²) in [6, 6.07) is 12.3. The number of nitrogens with zero attached hydrogens (tertiary/aromatic N) is 4. The van der Waals surface area contributed by atoms with Crippen molar-refractivity contribution in [3.05, 3.63) is 81.6 Å². The number of amides is 1. The molecule has 204 valence electrons. The van der Waals surface area contributed by atoms with E-state index in [4.69, 9.17) is 16.3 Å². The predicted octanol–water partition coefficient (Wildman–Crippen LogP) is 5.18. The minimum atomic E-state index is -2.59. The van der Waals surface area contributed by atoms with Crippen molar-refractivity contribution >= 4 is 28.5 Å². The summed E-state index contributed by atoms with van der Waals surface area (Å²) in [6.45, 7) is 1.59. The zero-order valence-electron chi connectivity index (χ0n) is 21.3. The number of halogens is 3. The van der Waals surface area contributed by atoms with Crippen LogP contribution in [-0.4, -0.2) is 44.1 Å². The van der Waals surface area contributed by atoms with E-state index < -0.39 is 13.0 Å². The summed E-state index contributed by atoms with van der Waals surface area (Å²) in [5, 5.41) is 3.53. The van der Waals surface area contributed by atoms with E-state index in [9.17, 15) is 18.4 Å². The third kappa shape index (κ3) is 5.95. The number of benzene rings is 1. The Balaban J connectivity index is 1.28. The van der Waals surface area contributed by atoms with Gasteiger partial charge in [-0.05, 0) is 62.8 Å². The number of nitrogens with one attached hydrogen (secondary N) is 1. The molecule has 3 aromatic heterocycles. The number of para-hydroxylation sites is 2. The van der Waals surface area contributed by atoms with Crippen LogP contribution in [0.15, 0.2) is 59.7 Å². The van der Waals surface area contributed by atoms with Crippen LogP contribution in [0.25, 0.3) is 16.7 Å². The number of carbonyl (C=O) groups excluding carboxylic acids is 1. The molecule has 1 fully saturated rings. The van der Waals surface area contributed by atoms with Crippen LogP contribution >= 0.6 is 11.6 Å². The topological polar surface area (TPSA) is 91.0 Å². The highest BCUT2D eigenvalue weighted by Gasteiger charge is 2.26. The molecular formula is C28H28ClF2N5O3. The van der Waals surface area contributed by atoms with Gasteiger partial charge in [-0.3, -0.25) is 18.9 Å². The molecule has 1 N–H and O–H groups in total. The van der Waals surface area contributed by atoms with Crippen LogP contribution in [0.5, 0.6) is 5.88 Å². The summed E-state index contributed by atoms with van der Waals surface area (Å²) in [4.78, 5) is 34.6. The molecule has 0 unspecified atom stereocenters. The second kappa shape index (κ2) is 11.5. The van der Waals surface area contributed by atoms with Crippen LogP contribution in [0, 0.1) is 12.8 Å². The van der Waals surface area contributed by atoms with E-state index in [1.807, 2.05) is 24.3 Å². The van der Waals surface area contributed by atoms with Crippen LogP contribution in [0.3, 0.4) is 0 Å². The number of pyridine rings is 2. The minimum absolute atomic E-state index is 0.0436. The second-order valence-electron chi connectivity index (χ2n) is 9.75. The minimum Gasteiger partial charge on any atom is -0.472 e. The van der Waals surface area contributed by atoms with E-state index in [2.05, 4.69) is 15.3 Å². The lowest BCUT2D eigenvalue weighted by molar-refractivity contribution is 0.0796. The van der Waals surface area contributed by atoms with Crippen molar-refractivity contribution < 1.29 is 18.3 Å². The molecule has 1 aliphatic carbocycles.